The molecule has 0 spiro atoms. The van der Waals surface area contributed by atoms with Crippen LogP contribution in [0, 0.1) is 5.82 Å². The van der Waals surface area contributed by atoms with Crippen LogP contribution >= 0.6 is 11.8 Å². The van der Waals surface area contributed by atoms with E-state index in [9.17, 15) is 28.4 Å². The van der Waals surface area contributed by atoms with Crippen LogP contribution in [0.2, 0.25) is 0 Å². The van der Waals surface area contributed by atoms with Crippen LogP contribution in [0.3, 0.4) is 0 Å². The standard InChI is InChI=1S/C28H36FN5O6S/c1-40-28(39)22(12-13-41-2)34-27(38)23(15-18-6-4-3-5-7-18)33-25(36)17-31-24(35)16-32-26(37)21(30)14-19-8-10-20(29)11-9-19/h3-11,21-23H,12-17,30H2,1-2H3,(H,31,35)(H,32,37)(H,33,36)(H,34,38)/t21-,22?,23?/m1/s1. The van der Waals surface area contributed by atoms with Crippen LogP contribution in [0.4, 0.5) is 4.39 Å². The number of halogens is 1. The highest BCUT2D eigenvalue weighted by Crippen LogP contribution is 2.07. The van der Waals surface area contributed by atoms with Crippen LogP contribution in [0.5, 0.6) is 0 Å². The molecule has 0 saturated heterocycles. The first kappa shape index (κ1) is 33.2. The van der Waals surface area contributed by atoms with Gasteiger partial charge >= 0.3 is 5.97 Å². The Morgan fingerprint density at radius 1 is 0.829 bits per heavy atom. The molecule has 3 atom stereocenters. The minimum atomic E-state index is -1.03. The molecule has 41 heavy (non-hydrogen) atoms. The normalized spacial score (nSPS) is 12.8. The lowest BCUT2D eigenvalue weighted by Gasteiger charge is -2.22. The molecule has 0 aliphatic rings. The maximum Gasteiger partial charge on any atom is 0.328 e. The Morgan fingerprint density at radius 3 is 2.10 bits per heavy atom. The number of ether oxygens (including phenoxy) is 1. The molecule has 0 aliphatic carbocycles. The monoisotopic (exact) mass is 589 g/mol. The van der Waals surface area contributed by atoms with E-state index in [2.05, 4.69) is 21.3 Å². The van der Waals surface area contributed by atoms with Crippen molar-refractivity contribution in [2.75, 3.05) is 32.2 Å². The van der Waals surface area contributed by atoms with Crippen molar-refractivity contribution < 1.29 is 33.1 Å². The first-order chi connectivity index (χ1) is 19.6. The van der Waals surface area contributed by atoms with Gasteiger partial charge in [-0.3, -0.25) is 19.2 Å². The first-order valence-corrected chi connectivity index (χ1v) is 14.3. The Hall–Kier alpha value is -3.97. The number of benzene rings is 2. The fourth-order valence-corrected chi connectivity index (χ4v) is 4.18. The van der Waals surface area contributed by atoms with E-state index in [1.807, 2.05) is 12.3 Å². The summed E-state index contributed by atoms with van der Waals surface area (Å²) in [6, 6.07) is 11.7. The quantitative estimate of drug-likeness (QED) is 0.171. The van der Waals surface area contributed by atoms with E-state index in [-0.39, 0.29) is 12.8 Å². The summed E-state index contributed by atoms with van der Waals surface area (Å²) in [7, 11) is 1.23. The molecule has 6 N–H and O–H groups in total. The number of methoxy groups -OCH3 is 1. The van der Waals surface area contributed by atoms with Crippen molar-refractivity contribution in [1.29, 1.82) is 0 Å². The van der Waals surface area contributed by atoms with Crippen LogP contribution in [0.25, 0.3) is 0 Å². The molecule has 0 heterocycles. The van der Waals surface area contributed by atoms with E-state index in [0.717, 1.165) is 5.56 Å². The number of esters is 1. The van der Waals surface area contributed by atoms with Gasteiger partial charge in [-0.05, 0) is 48.1 Å². The maximum atomic E-state index is 13.1. The number of rotatable bonds is 16. The van der Waals surface area contributed by atoms with Gasteiger partial charge in [0.2, 0.25) is 23.6 Å². The van der Waals surface area contributed by atoms with E-state index >= 15 is 0 Å². The molecule has 2 aromatic carbocycles. The third-order valence-corrected chi connectivity index (χ3v) is 6.57. The number of thioether (sulfide) groups is 1. The summed E-state index contributed by atoms with van der Waals surface area (Å²) in [4.78, 5) is 62.3. The van der Waals surface area contributed by atoms with Crippen molar-refractivity contribution >= 4 is 41.4 Å². The maximum absolute atomic E-state index is 13.1. The summed E-state index contributed by atoms with van der Waals surface area (Å²) >= 11 is 1.51. The van der Waals surface area contributed by atoms with Gasteiger partial charge in [-0.15, -0.1) is 0 Å². The Balaban J connectivity index is 1.90. The van der Waals surface area contributed by atoms with Crippen molar-refractivity contribution in [3.63, 3.8) is 0 Å². The molecule has 2 unspecified atom stereocenters. The minimum absolute atomic E-state index is 0.144. The fourth-order valence-electron chi connectivity index (χ4n) is 3.71. The Bertz CT molecular complexity index is 1170. The second-order valence-electron chi connectivity index (χ2n) is 9.11. The Kier molecular flexibility index (Phi) is 14.3. The largest absolute Gasteiger partial charge is 0.467 e. The molecular weight excluding hydrogens is 553 g/mol. The smallest absolute Gasteiger partial charge is 0.328 e. The summed E-state index contributed by atoms with van der Waals surface area (Å²) in [5.74, 6) is -2.85. The minimum Gasteiger partial charge on any atom is -0.467 e. The lowest BCUT2D eigenvalue weighted by atomic mass is 10.0. The molecule has 0 fully saturated rings. The van der Waals surface area contributed by atoms with E-state index in [0.29, 0.717) is 17.7 Å². The zero-order valence-corrected chi connectivity index (χ0v) is 23.8. The van der Waals surface area contributed by atoms with Gasteiger partial charge < -0.3 is 31.7 Å². The van der Waals surface area contributed by atoms with Crippen LogP contribution in [0.15, 0.2) is 54.6 Å². The van der Waals surface area contributed by atoms with Crippen molar-refractivity contribution in [2.45, 2.75) is 37.4 Å². The van der Waals surface area contributed by atoms with Gasteiger partial charge in [0, 0.05) is 6.42 Å². The molecule has 0 saturated carbocycles. The average molecular weight is 590 g/mol. The molecule has 13 heteroatoms. The molecule has 4 amide bonds. The number of hydrogen-bond donors (Lipinski definition) is 5. The molecule has 2 rings (SSSR count). The van der Waals surface area contributed by atoms with Gasteiger partial charge in [-0.25, -0.2) is 9.18 Å². The second kappa shape index (κ2) is 17.7. The topological polar surface area (TPSA) is 169 Å². The highest BCUT2D eigenvalue weighted by Gasteiger charge is 2.27. The van der Waals surface area contributed by atoms with Crippen LogP contribution in [-0.2, 0) is 41.6 Å². The van der Waals surface area contributed by atoms with Gasteiger partial charge in [-0.1, -0.05) is 42.5 Å². The molecule has 0 aliphatic heterocycles. The van der Waals surface area contributed by atoms with Crippen LogP contribution < -0.4 is 27.0 Å². The van der Waals surface area contributed by atoms with E-state index < -0.39 is 66.6 Å². The predicted octanol–water partition coefficient (Wildman–Crippen LogP) is 0.0663. The highest BCUT2D eigenvalue weighted by atomic mass is 32.2. The number of nitrogens with one attached hydrogen (secondary N) is 4. The van der Waals surface area contributed by atoms with Crippen LogP contribution in [-0.4, -0.2) is 79.9 Å². The van der Waals surface area contributed by atoms with E-state index in [4.69, 9.17) is 10.5 Å². The summed E-state index contributed by atoms with van der Waals surface area (Å²) in [6.45, 7) is -0.880. The summed E-state index contributed by atoms with van der Waals surface area (Å²) in [5, 5.41) is 10.0. The highest BCUT2D eigenvalue weighted by molar-refractivity contribution is 7.98. The summed E-state index contributed by atoms with van der Waals surface area (Å²) < 4.78 is 17.8. The van der Waals surface area contributed by atoms with Crippen molar-refractivity contribution in [1.82, 2.24) is 21.3 Å². The predicted molar refractivity (Wildman–Crippen MR) is 153 cm³/mol. The number of amides is 4. The Morgan fingerprint density at radius 2 is 1.46 bits per heavy atom. The van der Waals surface area contributed by atoms with Gasteiger partial charge in [0.15, 0.2) is 0 Å². The SMILES string of the molecule is COC(=O)C(CCSC)NC(=O)C(Cc1ccccc1)NC(=O)CNC(=O)CNC(=O)[C@H](N)Cc1ccc(F)cc1. The third-order valence-electron chi connectivity index (χ3n) is 5.92. The lowest BCUT2D eigenvalue weighted by molar-refractivity contribution is -0.145. The second-order valence-corrected chi connectivity index (χ2v) is 10.1. The molecule has 222 valence electrons. The van der Waals surface area contributed by atoms with Gasteiger partial charge in [0.05, 0.1) is 26.2 Å². The zero-order valence-electron chi connectivity index (χ0n) is 23.0. The number of carbonyl (C=O) groups is 5. The van der Waals surface area contributed by atoms with Crippen molar-refractivity contribution in [3.05, 3.63) is 71.5 Å². The molecular formula is C28H36FN5O6S. The molecule has 0 aromatic heterocycles. The van der Waals surface area contributed by atoms with E-state index in [1.165, 1.54) is 43.1 Å². The van der Waals surface area contributed by atoms with Crippen molar-refractivity contribution in [2.24, 2.45) is 5.73 Å². The van der Waals surface area contributed by atoms with E-state index in [1.54, 1.807) is 24.3 Å². The van der Waals surface area contributed by atoms with Gasteiger partial charge in [0.25, 0.3) is 0 Å². The number of hydrogen-bond acceptors (Lipinski definition) is 8. The zero-order chi connectivity index (χ0) is 30.2. The molecule has 2 aromatic rings. The van der Waals surface area contributed by atoms with Crippen molar-refractivity contribution in [3.8, 4) is 0 Å². The average Bonchev–Trinajstić information content (AvgIpc) is 2.97. The third kappa shape index (κ3) is 12.4. The molecule has 0 radical (unpaired) electrons. The number of nitrogens with two attached hydrogens (primary N) is 1. The lowest BCUT2D eigenvalue weighted by Crippen LogP contribution is -2.54. The van der Waals surface area contributed by atoms with Crippen LogP contribution in [0.1, 0.15) is 17.5 Å². The molecule has 0 bridgehead atoms. The summed E-state index contributed by atoms with van der Waals surface area (Å²) in [5.41, 5.74) is 7.29. The number of carbonyl (C=O) groups excluding carboxylic acids is 5. The van der Waals surface area contributed by atoms with Gasteiger partial charge in [0.1, 0.15) is 17.9 Å². The fraction of sp³-hybridized carbons (Fsp3) is 0.393. The first-order valence-electron chi connectivity index (χ1n) is 12.9. The molecule has 11 nitrogen and oxygen atoms in total. The Labute approximate surface area is 242 Å². The van der Waals surface area contributed by atoms with Gasteiger partial charge in [-0.2, -0.15) is 11.8 Å². The summed E-state index contributed by atoms with van der Waals surface area (Å²) in [6.07, 6.45) is 2.51.